The predicted octanol–water partition coefficient (Wildman–Crippen LogP) is 1.76. The van der Waals surface area contributed by atoms with Crippen molar-refractivity contribution in [2.75, 3.05) is 11.5 Å². The minimum absolute atomic E-state index is 0.0804. The number of nitrogen functional groups attached to an aromatic ring is 1. The number of hydrogen-bond acceptors (Lipinski definition) is 3. The number of anilines is 1. The summed E-state index contributed by atoms with van der Waals surface area (Å²) in [6.45, 7) is 2.72. The highest BCUT2D eigenvalue weighted by atomic mass is 32.2. The second-order valence-corrected chi connectivity index (χ2v) is 7.31. The van der Waals surface area contributed by atoms with Crippen molar-refractivity contribution in [2.24, 2.45) is 5.92 Å². The SMILES string of the molecule is CC1CCCC(S(=O)CCn2cc(N)ccc2=O)C1. The Kier molecular flexibility index (Phi) is 4.80. The van der Waals surface area contributed by atoms with Gasteiger partial charge in [-0.1, -0.05) is 19.8 Å². The van der Waals surface area contributed by atoms with Gasteiger partial charge in [0.2, 0.25) is 0 Å². The van der Waals surface area contributed by atoms with E-state index in [-0.39, 0.29) is 5.56 Å². The van der Waals surface area contributed by atoms with Gasteiger partial charge in [-0.15, -0.1) is 0 Å². The molecule has 1 fully saturated rings. The molecule has 0 radical (unpaired) electrons. The molecule has 3 atom stereocenters. The van der Waals surface area contributed by atoms with Crippen LogP contribution in [0.1, 0.15) is 32.6 Å². The largest absolute Gasteiger partial charge is 0.398 e. The lowest BCUT2D eigenvalue weighted by Gasteiger charge is -2.26. The van der Waals surface area contributed by atoms with Crippen molar-refractivity contribution in [3.63, 3.8) is 0 Å². The Labute approximate surface area is 116 Å². The molecule has 1 heterocycles. The molecular weight excluding hydrogens is 260 g/mol. The fourth-order valence-corrected chi connectivity index (χ4v) is 4.38. The fourth-order valence-electron chi connectivity index (χ4n) is 2.70. The van der Waals surface area contributed by atoms with E-state index in [0.29, 0.717) is 29.2 Å². The summed E-state index contributed by atoms with van der Waals surface area (Å²) in [6.07, 6.45) is 6.17. The second-order valence-electron chi connectivity index (χ2n) is 5.47. The summed E-state index contributed by atoms with van der Waals surface area (Å²) in [7, 11) is -0.843. The highest BCUT2D eigenvalue weighted by molar-refractivity contribution is 7.85. The molecule has 0 amide bonds. The molecule has 1 aliphatic rings. The third-order valence-electron chi connectivity index (χ3n) is 3.80. The Morgan fingerprint density at radius 1 is 1.42 bits per heavy atom. The van der Waals surface area contributed by atoms with Crippen LogP contribution in [0, 0.1) is 5.92 Å². The van der Waals surface area contributed by atoms with Crippen molar-refractivity contribution in [3.05, 3.63) is 28.7 Å². The topological polar surface area (TPSA) is 65.1 Å². The lowest BCUT2D eigenvalue weighted by atomic mass is 9.91. The molecule has 0 saturated heterocycles. The van der Waals surface area contributed by atoms with E-state index in [1.54, 1.807) is 16.8 Å². The summed E-state index contributed by atoms with van der Waals surface area (Å²) in [5, 5.41) is 0.306. The number of nitrogens with two attached hydrogens (primary N) is 1. The molecule has 2 N–H and O–H groups in total. The van der Waals surface area contributed by atoms with E-state index >= 15 is 0 Å². The van der Waals surface area contributed by atoms with E-state index < -0.39 is 10.8 Å². The Morgan fingerprint density at radius 3 is 2.95 bits per heavy atom. The maximum absolute atomic E-state index is 12.3. The van der Waals surface area contributed by atoms with Gasteiger partial charge in [0.15, 0.2) is 0 Å². The zero-order chi connectivity index (χ0) is 13.8. The highest BCUT2D eigenvalue weighted by Gasteiger charge is 2.23. The first-order valence-corrected chi connectivity index (χ1v) is 8.27. The van der Waals surface area contributed by atoms with Crippen LogP contribution in [0.2, 0.25) is 0 Å². The van der Waals surface area contributed by atoms with Gasteiger partial charge in [0.05, 0.1) is 0 Å². The summed E-state index contributed by atoms with van der Waals surface area (Å²) in [6, 6.07) is 3.06. The Balaban J connectivity index is 1.93. The molecule has 1 saturated carbocycles. The molecule has 106 valence electrons. The standard InChI is InChI=1S/C14H22N2O2S/c1-11-3-2-4-13(9-11)19(18)8-7-16-10-12(15)5-6-14(16)17/h5-6,10-11,13H,2-4,7-9,15H2,1H3. The minimum Gasteiger partial charge on any atom is -0.398 e. The average molecular weight is 282 g/mol. The summed E-state index contributed by atoms with van der Waals surface area (Å²) >= 11 is 0. The van der Waals surface area contributed by atoms with E-state index in [9.17, 15) is 9.00 Å². The van der Waals surface area contributed by atoms with E-state index in [1.807, 2.05) is 0 Å². The lowest BCUT2D eigenvalue weighted by molar-refractivity contribution is 0.389. The summed E-state index contributed by atoms with van der Waals surface area (Å²) in [5.41, 5.74) is 6.15. The summed E-state index contributed by atoms with van der Waals surface area (Å²) in [5.74, 6) is 1.22. The van der Waals surface area contributed by atoms with Crippen LogP contribution in [0.25, 0.3) is 0 Å². The van der Waals surface area contributed by atoms with Crippen molar-refractivity contribution in [1.29, 1.82) is 0 Å². The van der Waals surface area contributed by atoms with Gasteiger partial charge in [-0.3, -0.25) is 9.00 Å². The molecule has 2 rings (SSSR count). The maximum Gasteiger partial charge on any atom is 0.250 e. The van der Waals surface area contributed by atoms with Crippen LogP contribution in [-0.4, -0.2) is 19.8 Å². The number of pyridine rings is 1. The average Bonchev–Trinajstić information content (AvgIpc) is 2.39. The van der Waals surface area contributed by atoms with Crippen LogP contribution >= 0.6 is 0 Å². The molecule has 0 spiro atoms. The quantitative estimate of drug-likeness (QED) is 0.915. The summed E-state index contributed by atoms with van der Waals surface area (Å²) < 4.78 is 13.8. The van der Waals surface area contributed by atoms with Crippen LogP contribution in [0.15, 0.2) is 23.1 Å². The molecule has 0 bridgehead atoms. The molecule has 0 aromatic carbocycles. The smallest absolute Gasteiger partial charge is 0.250 e. The first-order chi connectivity index (χ1) is 9.06. The van der Waals surface area contributed by atoms with Crippen LogP contribution in [0.5, 0.6) is 0 Å². The van der Waals surface area contributed by atoms with E-state index in [0.717, 1.165) is 12.8 Å². The van der Waals surface area contributed by atoms with Gasteiger partial charge in [-0.25, -0.2) is 0 Å². The second kappa shape index (κ2) is 6.37. The first kappa shape index (κ1) is 14.3. The molecule has 1 aliphatic carbocycles. The lowest BCUT2D eigenvalue weighted by Crippen LogP contribution is -2.28. The zero-order valence-electron chi connectivity index (χ0n) is 11.4. The van der Waals surface area contributed by atoms with Crippen molar-refractivity contribution in [2.45, 2.75) is 44.4 Å². The number of rotatable bonds is 4. The van der Waals surface area contributed by atoms with Crippen molar-refractivity contribution in [1.82, 2.24) is 4.57 Å². The molecule has 3 unspecified atom stereocenters. The van der Waals surface area contributed by atoms with Gasteiger partial charge in [0, 0.05) is 46.3 Å². The predicted molar refractivity (Wildman–Crippen MR) is 79.5 cm³/mol. The fraction of sp³-hybridized carbons (Fsp3) is 0.643. The van der Waals surface area contributed by atoms with Gasteiger partial charge in [0.1, 0.15) is 0 Å². The van der Waals surface area contributed by atoms with Crippen LogP contribution in [0.3, 0.4) is 0 Å². The van der Waals surface area contributed by atoms with Crippen molar-refractivity contribution < 1.29 is 4.21 Å². The van der Waals surface area contributed by atoms with Gasteiger partial charge < -0.3 is 10.3 Å². The monoisotopic (exact) mass is 282 g/mol. The highest BCUT2D eigenvalue weighted by Crippen LogP contribution is 2.27. The molecule has 19 heavy (non-hydrogen) atoms. The van der Waals surface area contributed by atoms with Gasteiger partial charge in [0.25, 0.3) is 5.56 Å². The number of hydrogen-bond donors (Lipinski definition) is 1. The maximum atomic E-state index is 12.3. The van der Waals surface area contributed by atoms with Gasteiger partial charge in [-0.2, -0.15) is 0 Å². The molecule has 4 nitrogen and oxygen atoms in total. The molecule has 0 aliphatic heterocycles. The number of aryl methyl sites for hydroxylation is 1. The van der Waals surface area contributed by atoms with Crippen molar-refractivity contribution in [3.8, 4) is 0 Å². The third-order valence-corrected chi connectivity index (χ3v) is 5.56. The third kappa shape index (κ3) is 3.93. The molecule has 5 heteroatoms. The van der Waals surface area contributed by atoms with Gasteiger partial charge in [-0.05, 0) is 24.8 Å². The first-order valence-electron chi connectivity index (χ1n) is 6.89. The van der Waals surface area contributed by atoms with Crippen LogP contribution in [0.4, 0.5) is 5.69 Å². The number of nitrogens with zero attached hydrogens (tertiary/aromatic N) is 1. The molecular formula is C14H22N2O2S. The Bertz CT molecular complexity index is 512. The normalized spacial score (nSPS) is 25.1. The van der Waals surface area contributed by atoms with Crippen molar-refractivity contribution >= 4 is 16.5 Å². The van der Waals surface area contributed by atoms with Crippen LogP contribution < -0.4 is 11.3 Å². The van der Waals surface area contributed by atoms with Gasteiger partial charge >= 0.3 is 0 Å². The molecule has 1 aromatic rings. The minimum atomic E-state index is -0.843. The van der Waals surface area contributed by atoms with E-state index in [1.165, 1.54) is 18.9 Å². The van der Waals surface area contributed by atoms with E-state index in [4.69, 9.17) is 5.73 Å². The van der Waals surface area contributed by atoms with E-state index in [2.05, 4.69) is 6.92 Å². The summed E-state index contributed by atoms with van der Waals surface area (Å²) in [4.78, 5) is 11.6. The number of aromatic nitrogens is 1. The Hall–Kier alpha value is -1.10. The molecule has 1 aromatic heterocycles. The zero-order valence-corrected chi connectivity index (χ0v) is 12.2. The Morgan fingerprint density at radius 2 is 2.21 bits per heavy atom. The van der Waals surface area contributed by atoms with Crippen LogP contribution in [-0.2, 0) is 17.3 Å².